The van der Waals surface area contributed by atoms with E-state index in [2.05, 4.69) is 10.0 Å². The topological polar surface area (TPSA) is 85.2 Å². The van der Waals surface area contributed by atoms with Crippen molar-refractivity contribution in [3.8, 4) is 6.07 Å². The fraction of sp³-hybridized carbons (Fsp3) is 0.857. The molecule has 0 bridgehead atoms. The molecule has 0 aromatic rings. The minimum atomic E-state index is -3.47. The Hall–Kier alpha value is -0.680. The van der Waals surface area contributed by atoms with Crippen LogP contribution < -0.4 is 10.0 Å². The van der Waals surface area contributed by atoms with Crippen LogP contribution in [0.3, 0.4) is 0 Å². The third-order valence-corrected chi connectivity index (χ3v) is 3.69. The van der Waals surface area contributed by atoms with Gasteiger partial charge in [0.2, 0.25) is 0 Å². The molecule has 80 valence electrons. The average molecular weight is 218 g/mol. The first-order chi connectivity index (χ1) is 6.61. The van der Waals surface area contributed by atoms with Gasteiger partial charge in [0.1, 0.15) is 6.04 Å². The van der Waals surface area contributed by atoms with Gasteiger partial charge >= 0.3 is 0 Å². The predicted molar refractivity (Wildman–Crippen MR) is 51.6 cm³/mol. The Bertz CT molecular complexity index is 321. The molecular weight excluding hydrogens is 204 g/mol. The van der Waals surface area contributed by atoms with Crippen LogP contribution in [0.5, 0.6) is 0 Å². The standard InChI is InChI=1S/C7H14N4O2S/c1-2-10-14(12,13)11-4-3-9-6-7(11)5-8/h7,9-10H,2-4,6H2,1H3. The molecule has 14 heavy (non-hydrogen) atoms. The summed E-state index contributed by atoms with van der Waals surface area (Å²) < 4.78 is 26.8. The number of hydrogen-bond acceptors (Lipinski definition) is 4. The quantitative estimate of drug-likeness (QED) is 0.612. The zero-order valence-electron chi connectivity index (χ0n) is 8.02. The van der Waals surface area contributed by atoms with E-state index in [-0.39, 0.29) is 0 Å². The number of piperazine rings is 1. The lowest BCUT2D eigenvalue weighted by atomic mass is 10.3. The lowest BCUT2D eigenvalue weighted by Crippen LogP contribution is -2.55. The number of nitriles is 1. The van der Waals surface area contributed by atoms with E-state index in [4.69, 9.17) is 5.26 Å². The molecule has 0 amide bonds. The van der Waals surface area contributed by atoms with E-state index in [9.17, 15) is 8.42 Å². The van der Waals surface area contributed by atoms with Crippen LogP contribution in [0.25, 0.3) is 0 Å². The molecular formula is C7H14N4O2S. The first kappa shape index (κ1) is 11.4. The highest BCUT2D eigenvalue weighted by molar-refractivity contribution is 7.87. The zero-order valence-corrected chi connectivity index (χ0v) is 8.84. The normalized spacial score (nSPS) is 24.4. The summed E-state index contributed by atoms with van der Waals surface area (Å²) in [5.41, 5.74) is 0. The maximum absolute atomic E-state index is 11.6. The summed E-state index contributed by atoms with van der Waals surface area (Å²) in [6.45, 7) is 3.36. The van der Waals surface area contributed by atoms with Crippen molar-refractivity contribution in [2.24, 2.45) is 0 Å². The molecule has 1 unspecified atom stereocenters. The largest absolute Gasteiger partial charge is 0.313 e. The van der Waals surface area contributed by atoms with Crippen molar-refractivity contribution < 1.29 is 8.42 Å². The van der Waals surface area contributed by atoms with Crippen molar-refractivity contribution in [3.63, 3.8) is 0 Å². The van der Waals surface area contributed by atoms with E-state index in [0.29, 0.717) is 26.2 Å². The fourth-order valence-electron chi connectivity index (χ4n) is 1.35. The van der Waals surface area contributed by atoms with Crippen molar-refractivity contribution >= 4 is 10.2 Å². The first-order valence-electron chi connectivity index (χ1n) is 4.48. The van der Waals surface area contributed by atoms with Gasteiger partial charge < -0.3 is 5.32 Å². The van der Waals surface area contributed by atoms with Crippen molar-refractivity contribution in [1.82, 2.24) is 14.3 Å². The number of rotatable bonds is 3. The summed E-state index contributed by atoms with van der Waals surface area (Å²) in [5.74, 6) is 0. The molecule has 1 aliphatic rings. The number of hydrogen-bond donors (Lipinski definition) is 2. The van der Waals surface area contributed by atoms with Crippen LogP contribution >= 0.6 is 0 Å². The van der Waals surface area contributed by atoms with E-state index in [1.54, 1.807) is 6.92 Å². The van der Waals surface area contributed by atoms with Gasteiger partial charge in [-0.15, -0.1) is 0 Å². The van der Waals surface area contributed by atoms with Gasteiger partial charge in [-0.2, -0.15) is 18.0 Å². The van der Waals surface area contributed by atoms with Crippen molar-refractivity contribution in [3.05, 3.63) is 0 Å². The monoisotopic (exact) mass is 218 g/mol. The van der Waals surface area contributed by atoms with Gasteiger partial charge in [-0.1, -0.05) is 6.92 Å². The molecule has 6 nitrogen and oxygen atoms in total. The molecule has 0 aromatic carbocycles. The Morgan fingerprint density at radius 2 is 2.43 bits per heavy atom. The molecule has 1 heterocycles. The highest BCUT2D eigenvalue weighted by atomic mass is 32.2. The minimum Gasteiger partial charge on any atom is -0.313 e. The molecule has 1 rings (SSSR count). The second-order valence-electron chi connectivity index (χ2n) is 2.96. The van der Waals surface area contributed by atoms with Crippen molar-refractivity contribution in [2.45, 2.75) is 13.0 Å². The fourth-order valence-corrected chi connectivity index (χ4v) is 2.67. The smallest absolute Gasteiger partial charge is 0.280 e. The lowest BCUT2D eigenvalue weighted by molar-refractivity contribution is 0.308. The average Bonchev–Trinajstić information content (AvgIpc) is 2.18. The van der Waals surface area contributed by atoms with E-state index in [1.807, 2.05) is 6.07 Å². The number of nitrogens with one attached hydrogen (secondary N) is 2. The zero-order chi connectivity index (χ0) is 10.6. The molecule has 7 heteroatoms. The first-order valence-corrected chi connectivity index (χ1v) is 5.92. The van der Waals surface area contributed by atoms with Crippen LogP contribution in [0, 0.1) is 11.3 Å². The maximum atomic E-state index is 11.6. The van der Waals surface area contributed by atoms with Gasteiger partial charge in [0.15, 0.2) is 0 Å². The van der Waals surface area contributed by atoms with Crippen molar-refractivity contribution in [2.75, 3.05) is 26.2 Å². The summed E-state index contributed by atoms with van der Waals surface area (Å²) in [7, 11) is -3.47. The highest BCUT2D eigenvalue weighted by Crippen LogP contribution is 2.07. The van der Waals surface area contributed by atoms with Crippen molar-refractivity contribution in [1.29, 1.82) is 5.26 Å². The Balaban J connectivity index is 2.79. The Morgan fingerprint density at radius 1 is 1.71 bits per heavy atom. The Kier molecular flexibility index (Phi) is 3.83. The second kappa shape index (κ2) is 4.70. The van der Waals surface area contributed by atoms with E-state index < -0.39 is 16.3 Å². The lowest BCUT2D eigenvalue weighted by Gasteiger charge is -2.30. The van der Waals surface area contributed by atoms with Crippen LogP contribution in [0.1, 0.15) is 6.92 Å². The Morgan fingerprint density at radius 3 is 3.00 bits per heavy atom. The van der Waals surface area contributed by atoms with E-state index in [0.717, 1.165) is 0 Å². The van der Waals surface area contributed by atoms with Crippen LogP contribution in [-0.2, 0) is 10.2 Å². The molecule has 0 radical (unpaired) electrons. The van der Waals surface area contributed by atoms with Gasteiger partial charge in [0.05, 0.1) is 6.07 Å². The van der Waals surface area contributed by atoms with Crippen LogP contribution in [-0.4, -0.2) is 44.9 Å². The summed E-state index contributed by atoms with van der Waals surface area (Å²) in [4.78, 5) is 0. The molecule has 0 spiro atoms. The molecule has 0 aliphatic carbocycles. The molecule has 2 N–H and O–H groups in total. The molecule has 1 fully saturated rings. The third kappa shape index (κ3) is 2.42. The van der Waals surface area contributed by atoms with E-state index in [1.165, 1.54) is 4.31 Å². The Labute approximate surface area is 84.1 Å². The third-order valence-electron chi connectivity index (χ3n) is 1.98. The maximum Gasteiger partial charge on any atom is 0.280 e. The summed E-state index contributed by atoms with van der Waals surface area (Å²) >= 11 is 0. The minimum absolute atomic E-state index is 0.338. The summed E-state index contributed by atoms with van der Waals surface area (Å²) in [5, 5.41) is 11.7. The second-order valence-corrected chi connectivity index (χ2v) is 4.67. The van der Waals surface area contributed by atoms with Gasteiger partial charge in [-0.05, 0) is 0 Å². The highest BCUT2D eigenvalue weighted by Gasteiger charge is 2.31. The summed E-state index contributed by atoms with van der Waals surface area (Å²) in [6, 6.07) is 1.36. The molecule has 0 saturated carbocycles. The van der Waals surface area contributed by atoms with Crippen LogP contribution in [0.4, 0.5) is 0 Å². The van der Waals surface area contributed by atoms with Gasteiger partial charge in [-0.25, -0.2) is 4.72 Å². The van der Waals surface area contributed by atoms with Gasteiger partial charge in [0, 0.05) is 26.2 Å². The van der Waals surface area contributed by atoms with Crippen LogP contribution in [0.2, 0.25) is 0 Å². The van der Waals surface area contributed by atoms with Gasteiger partial charge in [-0.3, -0.25) is 0 Å². The molecule has 1 atom stereocenters. The van der Waals surface area contributed by atoms with Crippen LogP contribution in [0.15, 0.2) is 0 Å². The predicted octanol–water partition coefficient (Wildman–Crippen LogP) is -1.36. The van der Waals surface area contributed by atoms with Gasteiger partial charge in [0.25, 0.3) is 10.2 Å². The summed E-state index contributed by atoms with van der Waals surface area (Å²) in [6.07, 6.45) is 0. The molecule has 0 aromatic heterocycles. The molecule has 1 aliphatic heterocycles. The molecule has 1 saturated heterocycles. The SMILES string of the molecule is CCNS(=O)(=O)N1CCNCC1C#N. The van der Waals surface area contributed by atoms with E-state index >= 15 is 0 Å². The number of nitrogens with zero attached hydrogens (tertiary/aromatic N) is 2.